The van der Waals surface area contributed by atoms with E-state index in [0.717, 1.165) is 29.1 Å². The van der Waals surface area contributed by atoms with Crippen LogP contribution in [0.2, 0.25) is 0 Å². The van der Waals surface area contributed by atoms with E-state index in [4.69, 9.17) is 0 Å². The summed E-state index contributed by atoms with van der Waals surface area (Å²) in [5.41, 5.74) is 1.36. The van der Waals surface area contributed by atoms with Crippen molar-refractivity contribution < 1.29 is 13.2 Å². The van der Waals surface area contributed by atoms with Gasteiger partial charge >= 0.3 is 0 Å². The van der Waals surface area contributed by atoms with Crippen molar-refractivity contribution in [3.8, 4) is 0 Å². The van der Waals surface area contributed by atoms with E-state index in [-0.39, 0.29) is 16.8 Å². The number of carbonyl (C=O) groups excluding carboxylic acids is 1. The molecule has 0 saturated carbocycles. The average molecular weight is 362 g/mol. The van der Waals surface area contributed by atoms with Crippen LogP contribution < -0.4 is 0 Å². The number of piperidine rings is 1. The van der Waals surface area contributed by atoms with Gasteiger partial charge in [-0.1, -0.05) is 6.07 Å². The summed E-state index contributed by atoms with van der Waals surface area (Å²) in [6.07, 6.45) is 6.41. The number of nitrogens with zero attached hydrogens (tertiary/aromatic N) is 3. The van der Waals surface area contributed by atoms with Gasteiger partial charge in [0.15, 0.2) is 0 Å². The van der Waals surface area contributed by atoms with Gasteiger partial charge in [0.2, 0.25) is 10.0 Å². The number of sulfonamides is 1. The molecule has 1 aliphatic rings. The second-order valence-corrected chi connectivity index (χ2v) is 8.51. The molecule has 1 aliphatic heterocycles. The molecule has 1 unspecified atom stereocenters. The molecule has 0 spiro atoms. The fraction of sp³-hybridized carbons (Fsp3) is 0.412. The fourth-order valence-electron chi connectivity index (χ4n) is 3.13. The van der Waals surface area contributed by atoms with Gasteiger partial charge in [0.05, 0.1) is 17.1 Å². The van der Waals surface area contributed by atoms with Gasteiger partial charge in [-0.05, 0) is 37.5 Å². The summed E-state index contributed by atoms with van der Waals surface area (Å²) in [6, 6.07) is 6.21. The molecule has 3 rings (SSSR count). The Morgan fingerprint density at radius 3 is 2.80 bits per heavy atom. The minimum atomic E-state index is -3.57. The molecule has 1 aromatic carbocycles. The van der Waals surface area contributed by atoms with Crippen molar-refractivity contribution in [2.45, 2.75) is 30.2 Å². The summed E-state index contributed by atoms with van der Waals surface area (Å²) in [4.78, 5) is 15.0. The normalized spacial score (nSPS) is 18.5. The molecule has 1 atom stereocenters. The van der Waals surface area contributed by atoms with Crippen LogP contribution in [0.4, 0.5) is 0 Å². The molecule has 134 valence electrons. The third-order valence-corrected chi connectivity index (χ3v) is 6.34. The first kappa shape index (κ1) is 17.6. The molecule has 0 aliphatic carbocycles. The van der Waals surface area contributed by atoms with Crippen LogP contribution in [0, 0.1) is 0 Å². The van der Waals surface area contributed by atoms with Crippen LogP contribution in [-0.2, 0) is 10.0 Å². The molecule has 1 fully saturated rings. The molecule has 1 saturated heterocycles. The third-order valence-electron chi connectivity index (χ3n) is 4.53. The molecule has 2 aromatic rings. The summed E-state index contributed by atoms with van der Waals surface area (Å²) in [5.74, 6) is -0.151. The molecule has 1 aromatic heterocycles. The van der Waals surface area contributed by atoms with Crippen LogP contribution in [0.3, 0.4) is 0 Å². The zero-order valence-electron chi connectivity index (χ0n) is 14.3. The van der Waals surface area contributed by atoms with Crippen LogP contribution >= 0.6 is 0 Å². The molecule has 0 bridgehead atoms. The van der Waals surface area contributed by atoms with Crippen LogP contribution in [0.25, 0.3) is 0 Å². The maximum Gasteiger partial charge on any atom is 0.254 e. The van der Waals surface area contributed by atoms with Gasteiger partial charge in [-0.2, -0.15) is 5.10 Å². The Balaban J connectivity index is 1.92. The number of hydrogen-bond donors (Lipinski definition) is 1. The van der Waals surface area contributed by atoms with E-state index in [9.17, 15) is 13.2 Å². The van der Waals surface area contributed by atoms with E-state index in [2.05, 4.69) is 10.2 Å². The monoisotopic (exact) mass is 362 g/mol. The Hall–Kier alpha value is -2.19. The number of aromatic amines is 1. The summed E-state index contributed by atoms with van der Waals surface area (Å²) < 4.78 is 25.8. The highest BCUT2D eigenvalue weighted by atomic mass is 32.2. The van der Waals surface area contributed by atoms with Crippen molar-refractivity contribution in [2.24, 2.45) is 0 Å². The molecule has 25 heavy (non-hydrogen) atoms. The largest absolute Gasteiger partial charge is 0.331 e. The quantitative estimate of drug-likeness (QED) is 0.902. The second kappa shape index (κ2) is 6.97. The topological polar surface area (TPSA) is 86.4 Å². The van der Waals surface area contributed by atoms with Gasteiger partial charge in [0.1, 0.15) is 0 Å². The number of amides is 1. The van der Waals surface area contributed by atoms with Crippen molar-refractivity contribution in [1.29, 1.82) is 0 Å². The summed E-state index contributed by atoms with van der Waals surface area (Å²) in [5, 5.41) is 6.78. The van der Waals surface area contributed by atoms with E-state index < -0.39 is 10.0 Å². The SMILES string of the molecule is CN(C)S(=O)(=O)c1cccc(C(=O)N2CCCCC2c2cn[nH]c2)c1. The predicted octanol–water partition coefficient (Wildman–Crippen LogP) is 2.03. The molecule has 7 nitrogen and oxygen atoms in total. The first-order valence-corrected chi connectivity index (χ1v) is 9.67. The van der Waals surface area contributed by atoms with E-state index in [1.165, 1.54) is 26.2 Å². The molecule has 2 heterocycles. The first-order chi connectivity index (χ1) is 11.9. The highest BCUT2D eigenvalue weighted by Crippen LogP contribution is 2.31. The van der Waals surface area contributed by atoms with Gasteiger partial charge in [-0.3, -0.25) is 9.89 Å². The molecule has 8 heteroatoms. The Morgan fingerprint density at radius 2 is 2.12 bits per heavy atom. The highest BCUT2D eigenvalue weighted by Gasteiger charge is 2.30. The number of likely N-dealkylation sites (tertiary alicyclic amines) is 1. The van der Waals surface area contributed by atoms with E-state index >= 15 is 0 Å². The molecule has 1 amide bonds. The molecular formula is C17H22N4O3S. The number of aromatic nitrogens is 2. The Labute approximate surface area is 147 Å². The Bertz CT molecular complexity index is 847. The minimum Gasteiger partial charge on any atom is -0.331 e. The van der Waals surface area contributed by atoms with Gasteiger partial charge in [0, 0.05) is 38.0 Å². The van der Waals surface area contributed by atoms with E-state index in [1.54, 1.807) is 18.3 Å². The third kappa shape index (κ3) is 3.45. The lowest BCUT2D eigenvalue weighted by atomic mass is 9.96. The lowest BCUT2D eigenvalue weighted by Gasteiger charge is -2.35. The predicted molar refractivity (Wildman–Crippen MR) is 93.5 cm³/mol. The smallest absolute Gasteiger partial charge is 0.254 e. The number of benzene rings is 1. The first-order valence-electron chi connectivity index (χ1n) is 8.23. The molecular weight excluding hydrogens is 340 g/mol. The van der Waals surface area contributed by atoms with Crippen molar-refractivity contribution in [2.75, 3.05) is 20.6 Å². The van der Waals surface area contributed by atoms with E-state index in [1.807, 2.05) is 11.1 Å². The van der Waals surface area contributed by atoms with Crippen molar-refractivity contribution in [3.63, 3.8) is 0 Å². The van der Waals surface area contributed by atoms with Gasteiger partial charge in [-0.25, -0.2) is 12.7 Å². The highest BCUT2D eigenvalue weighted by molar-refractivity contribution is 7.89. The number of nitrogens with one attached hydrogen (secondary N) is 1. The maximum atomic E-state index is 13.0. The van der Waals surface area contributed by atoms with Crippen molar-refractivity contribution in [1.82, 2.24) is 19.4 Å². The average Bonchev–Trinajstić information content (AvgIpc) is 3.15. The summed E-state index contributed by atoms with van der Waals surface area (Å²) in [6.45, 7) is 0.652. The van der Waals surface area contributed by atoms with Gasteiger partial charge in [0.25, 0.3) is 5.91 Å². The van der Waals surface area contributed by atoms with E-state index in [0.29, 0.717) is 12.1 Å². The lowest BCUT2D eigenvalue weighted by molar-refractivity contribution is 0.0611. The van der Waals surface area contributed by atoms with Crippen molar-refractivity contribution >= 4 is 15.9 Å². The standard InChI is InChI=1S/C17H22N4O3S/c1-20(2)25(23,24)15-7-5-6-13(10-15)17(22)21-9-4-3-8-16(21)14-11-18-19-12-14/h5-7,10-12,16H,3-4,8-9H2,1-2H3,(H,18,19). The van der Waals surface area contributed by atoms with Crippen LogP contribution in [0.1, 0.15) is 41.2 Å². The zero-order chi connectivity index (χ0) is 18.0. The Kier molecular flexibility index (Phi) is 4.91. The second-order valence-electron chi connectivity index (χ2n) is 6.36. The van der Waals surface area contributed by atoms with Gasteiger partial charge in [-0.15, -0.1) is 0 Å². The maximum absolute atomic E-state index is 13.0. The molecule has 1 N–H and O–H groups in total. The molecule has 0 radical (unpaired) electrons. The van der Waals surface area contributed by atoms with Crippen LogP contribution in [-0.4, -0.2) is 54.4 Å². The van der Waals surface area contributed by atoms with Crippen LogP contribution in [0.5, 0.6) is 0 Å². The summed E-state index contributed by atoms with van der Waals surface area (Å²) in [7, 11) is -0.622. The lowest BCUT2D eigenvalue weighted by Crippen LogP contribution is -2.38. The minimum absolute atomic E-state index is 0.0332. The zero-order valence-corrected chi connectivity index (χ0v) is 15.2. The summed E-state index contributed by atoms with van der Waals surface area (Å²) >= 11 is 0. The number of rotatable bonds is 4. The van der Waals surface area contributed by atoms with Crippen LogP contribution in [0.15, 0.2) is 41.6 Å². The Morgan fingerprint density at radius 1 is 1.32 bits per heavy atom. The number of H-pyrrole nitrogens is 1. The number of hydrogen-bond acceptors (Lipinski definition) is 4. The van der Waals surface area contributed by atoms with Crippen molar-refractivity contribution in [3.05, 3.63) is 47.8 Å². The number of carbonyl (C=O) groups is 1. The fourth-order valence-corrected chi connectivity index (χ4v) is 4.08. The van der Waals surface area contributed by atoms with Gasteiger partial charge < -0.3 is 4.90 Å².